The van der Waals surface area contributed by atoms with Crippen LogP contribution in [0.25, 0.3) is 0 Å². The summed E-state index contributed by atoms with van der Waals surface area (Å²) in [6.07, 6.45) is 1.09. The molecule has 0 saturated heterocycles. The third-order valence-electron chi connectivity index (χ3n) is 1.68. The minimum Gasteiger partial charge on any atom is -0.384 e. The summed E-state index contributed by atoms with van der Waals surface area (Å²) in [5.74, 6) is 4.77. The Bertz CT molecular complexity index is 265. The Morgan fingerprint density at radius 2 is 1.82 bits per heavy atom. The molecule has 0 aromatic rings. The molecule has 0 unspecified atom stereocenters. The van der Waals surface area contributed by atoms with E-state index in [0.29, 0.717) is 0 Å². The molecule has 0 atom stereocenters. The van der Waals surface area contributed by atoms with Gasteiger partial charge in [-0.25, -0.2) is 8.42 Å². The normalized spacial score (nSPS) is 15.0. The minimum absolute atomic E-state index is 0.0833. The number of sulfone groups is 1. The van der Waals surface area contributed by atoms with Gasteiger partial charge in [0.05, 0.1) is 0 Å². The van der Waals surface area contributed by atoms with Crippen molar-refractivity contribution in [2.24, 2.45) is 16.7 Å². The summed E-state index contributed by atoms with van der Waals surface area (Å²) in [6.45, 7) is 2.90. The first-order valence-corrected chi connectivity index (χ1v) is 4.86. The minimum atomic E-state index is -3.25. The van der Waals surface area contributed by atoms with Gasteiger partial charge in [0.2, 0.25) is 0 Å². The van der Waals surface area contributed by atoms with Crippen LogP contribution in [0.1, 0.15) is 13.8 Å². The number of hydrazone groups is 1. The van der Waals surface area contributed by atoms with Crippen molar-refractivity contribution in [3.63, 3.8) is 0 Å². The van der Waals surface area contributed by atoms with E-state index in [1.807, 2.05) is 0 Å². The van der Waals surface area contributed by atoms with Crippen LogP contribution < -0.4 is 11.6 Å². The van der Waals surface area contributed by atoms with Crippen molar-refractivity contribution in [2.75, 3.05) is 6.26 Å². The number of nitrogens with two attached hydrogens (primary N) is 2. The third kappa shape index (κ3) is 1.83. The van der Waals surface area contributed by atoms with Crippen LogP contribution in [0.4, 0.5) is 0 Å². The summed E-state index contributed by atoms with van der Waals surface area (Å²) in [4.78, 5) is 0. The van der Waals surface area contributed by atoms with Gasteiger partial charge in [-0.05, 0) is 13.8 Å². The van der Waals surface area contributed by atoms with Crippen LogP contribution in [0.5, 0.6) is 0 Å². The molecule has 0 heterocycles. The Balaban J connectivity index is 5.07. The Kier molecular flexibility index (Phi) is 2.50. The van der Waals surface area contributed by atoms with E-state index < -0.39 is 14.6 Å². The highest BCUT2D eigenvalue weighted by atomic mass is 32.2. The van der Waals surface area contributed by atoms with Crippen LogP contribution >= 0.6 is 0 Å². The Morgan fingerprint density at radius 3 is 1.91 bits per heavy atom. The quantitative estimate of drug-likeness (QED) is 0.247. The summed E-state index contributed by atoms with van der Waals surface area (Å²) in [7, 11) is -3.25. The molecule has 6 heteroatoms. The number of hydrogen-bond acceptors (Lipinski definition) is 4. The predicted molar refractivity (Wildman–Crippen MR) is 44.7 cm³/mol. The third-order valence-corrected chi connectivity index (χ3v) is 3.75. The summed E-state index contributed by atoms with van der Waals surface area (Å²) in [6, 6.07) is 0. The van der Waals surface area contributed by atoms with Crippen LogP contribution in [0, 0.1) is 0 Å². The lowest BCUT2D eigenvalue weighted by molar-refractivity contribution is 0.583. The molecular weight excluding hydrogens is 166 g/mol. The van der Waals surface area contributed by atoms with Crippen molar-refractivity contribution < 1.29 is 8.42 Å². The molecule has 0 aliphatic rings. The van der Waals surface area contributed by atoms with Crippen LogP contribution in [0.3, 0.4) is 0 Å². The SMILES string of the molecule is CC(C)(/C(N)=N/N)S(C)(=O)=O. The number of rotatable bonds is 2. The van der Waals surface area contributed by atoms with Gasteiger partial charge in [-0.15, -0.1) is 0 Å². The lowest BCUT2D eigenvalue weighted by atomic mass is 10.2. The van der Waals surface area contributed by atoms with Gasteiger partial charge in [0.25, 0.3) is 0 Å². The molecule has 0 aliphatic carbocycles. The van der Waals surface area contributed by atoms with E-state index in [1.165, 1.54) is 13.8 Å². The number of hydrogen-bond donors (Lipinski definition) is 2. The van der Waals surface area contributed by atoms with Gasteiger partial charge in [0, 0.05) is 6.26 Å². The molecule has 5 nitrogen and oxygen atoms in total. The predicted octanol–water partition coefficient (Wildman–Crippen LogP) is -0.959. The zero-order valence-corrected chi connectivity index (χ0v) is 7.64. The van der Waals surface area contributed by atoms with Crippen molar-refractivity contribution in [3.05, 3.63) is 0 Å². The molecule has 4 N–H and O–H groups in total. The summed E-state index contributed by atoms with van der Waals surface area (Å²) in [5.41, 5.74) is 5.28. The van der Waals surface area contributed by atoms with Crippen LogP contribution in [-0.2, 0) is 9.84 Å². The van der Waals surface area contributed by atoms with Gasteiger partial charge in [-0.1, -0.05) is 0 Å². The molecule has 0 aromatic carbocycles. The van der Waals surface area contributed by atoms with E-state index in [0.717, 1.165) is 6.26 Å². The molecule has 0 radical (unpaired) electrons. The molecule has 0 fully saturated rings. The zero-order valence-electron chi connectivity index (χ0n) is 6.83. The average Bonchev–Trinajstić information content (AvgIpc) is 1.83. The molecule has 0 spiro atoms. The van der Waals surface area contributed by atoms with Gasteiger partial charge >= 0.3 is 0 Å². The first kappa shape index (κ1) is 10.2. The highest BCUT2D eigenvalue weighted by molar-refractivity contribution is 7.92. The fourth-order valence-electron chi connectivity index (χ4n) is 0.345. The molecule has 0 amide bonds. The molecule has 66 valence electrons. The molecule has 0 bridgehead atoms. The van der Waals surface area contributed by atoms with Gasteiger partial charge in [0.15, 0.2) is 9.84 Å². The Labute approximate surface area is 66.4 Å². The maximum absolute atomic E-state index is 11.0. The maximum atomic E-state index is 11.0. The van der Waals surface area contributed by atoms with Crippen molar-refractivity contribution in [1.82, 2.24) is 0 Å². The molecule has 0 aromatic heterocycles. The highest BCUT2D eigenvalue weighted by Crippen LogP contribution is 2.14. The number of nitrogens with zero attached hydrogens (tertiary/aromatic N) is 1. The van der Waals surface area contributed by atoms with Crippen molar-refractivity contribution >= 4 is 15.7 Å². The van der Waals surface area contributed by atoms with Crippen LogP contribution in [-0.4, -0.2) is 25.3 Å². The fourth-order valence-corrected chi connectivity index (χ4v) is 0.778. The van der Waals surface area contributed by atoms with Gasteiger partial charge < -0.3 is 11.6 Å². The van der Waals surface area contributed by atoms with E-state index in [9.17, 15) is 8.42 Å². The molecule has 0 saturated carbocycles. The topological polar surface area (TPSA) is 98.5 Å². The van der Waals surface area contributed by atoms with E-state index in [4.69, 9.17) is 11.6 Å². The van der Waals surface area contributed by atoms with Crippen molar-refractivity contribution in [2.45, 2.75) is 18.6 Å². The molecule has 11 heavy (non-hydrogen) atoms. The van der Waals surface area contributed by atoms with Gasteiger partial charge in [-0.2, -0.15) is 5.10 Å². The maximum Gasteiger partial charge on any atom is 0.159 e. The molecule has 0 rings (SSSR count). The lowest BCUT2D eigenvalue weighted by Gasteiger charge is -2.20. The van der Waals surface area contributed by atoms with Crippen molar-refractivity contribution in [3.8, 4) is 0 Å². The fraction of sp³-hybridized carbons (Fsp3) is 0.800. The second-order valence-electron chi connectivity index (χ2n) is 2.80. The van der Waals surface area contributed by atoms with Crippen molar-refractivity contribution in [1.29, 1.82) is 0 Å². The van der Waals surface area contributed by atoms with E-state index >= 15 is 0 Å². The zero-order chi connectivity index (χ0) is 9.28. The first-order chi connectivity index (χ1) is 4.73. The smallest absolute Gasteiger partial charge is 0.159 e. The summed E-state index contributed by atoms with van der Waals surface area (Å²) < 4.78 is 20.9. The monoisotopic (exact) mass is 179 g/mol. The van der Waals surface area contributed by atoms with Gasteiger partial charge in [-0.3, -0.25) is 0 Å². The first-order valence-electron chi connectivity index (χ1n) is 2.97. The molecule has 0 aliphatic heterocycles. The number of amidine groups is 1. The van der Waals surface area contributed by atoms with E-state index in [2.05, 4.69) is 5.10 Å². The van der Waals surface area contributed by atoms with Gasteiger partial charge in [0.1, 0.15) is 10.6 Å². The summed E-state index contributed by atoms with van der Waals surface area (Å²) >= 11 is 0. The largest absolute Gasteiger partial charge is 0.384 e. The van der Waals surface area contributed by atoms with Crippen LogP contribution in [0.15, 0.2) is 5.10 Å². The second-order valence-corrected chi connectivity index (χ2v) is 5.36. The average molecular weight is 179 g/mol. The Morgan fingerprint density at radius 1 is 1.45 bits per heavy atom. The second kappa shape index (κ2) is 2.69. The summed E-state index contributed by atoms with van der Waals surface area (Å²) in [5, 5.41) is 3.14. The standard InChI is InChI=1S/C5H13N3O2S/c1-5(2,4(6)8-7)11(3,9)10/h7H2,1-3H3,(H2,6,8). The highest BCUT2D eigenvalue weighted by Gasteiger charge is 2.34. The lowest BCUT2D eigenvalue weighted by Crippen LogP contribution is -2.45. The molecular formula is C5H13N3O2S. The Hall–Kier alpha value is -0.780. The van der Waals surface area contributed by atoms with E-state index in [-0.39, 0.29) is 5.84 Å². The van der Waals surface area contributed by atoms with Crippen LogP contribution in [0.2, 0.25) is 0 Å². The van der Waals surface area contributed by atoms with E-state index in [1.54, 1.807) is 0 Å².